The Bertz CT molecular complexity index is 721. The Balaban J connectivity index is 2.18. The maximum absolute atomic E-state index is 12.4. The van der Waals surface area contributed by atoms with E-state index in [0.717, 1.165) is 22.4 Å². The molecular formula is C15H20N2O2S2. The first-order valence-electron chi connectivity index (χ1n) is 6.83. The fraction of sp³-hybridized carbons (Fsp3) is 0.333. The van der Waals surface area contributed by atoms with E-state index in [1.165, 1.54) is 4.88 Å². The van der Waals surface area contributed by atoms with E-state index in [9.17, 15) is 8.42 Å². The summed E-state index contributed by atoms with van der Waals surface area (Å²) in [6, 6.07) is 9.28. The van der Waals surface area contributed by atoms with Gasteiger partial charge in [0, 0.05) is 22.8 Å². The lowest BCUT2D eigenvalue weighted by Gasteiger charge is -2.10. The third kappa shape index (κ3) is 3.91. The Morgan fingerprint density at radius 3 is 2.52 bits per heavy atom. The third-order valence-electron chi connectivity index (χ3n) is 3.28. The smallest absolute Gasteiger partial charge is 0.241 e. The molecule has 0 spiro atoms. The van der Waals surface area contributed by atoms with Gasteiger partial charge in [0.25, 0.3) is 0 Å². The zero-order valence-electron chi connectivity index (χ0n) is 12.2. The summed E-state index contributed by atoms with van der Waals surface area (Å²) in [5, 5.41) is 0. The number of hydrogen-bond acceptors (Lipinski definition) is 4. The van der Waals surface area contributed by atoms with Gasteiger partial charge in [-0.25, -0.2) is 13.1 Å². The van der Waals surface area contributed by atoms with Gasteiger partial charge in [0.05, 0.1) is 4.90 Å². The maximum atomic E-state index is 12.4. The first-order valence-corrected chi connectivity index (χ1v) is 9.13. The summed E-state index contributed by atoms with van der Waals surface area (Å²) in [6.45, 7) is 4.52. The molecule has 0 aliphatic heterocycles. The number of aryl methyl sites for hydroxylation is 2. The van der Waals surface area contributed by atoms with E-state index in [2.05, 4.69) is 11.6 Å². The van der Waals surface area contributed by atoms with E-state index in [1.54, 1.807) is 30.4 Å². The van der Waals surface area contributed by atoms with Crippen molar-refractivity contribution in [1.29, 1.82) is 0 Å². The van der Waals surface area contributed by atoms with Crippen LogP contribution in [0.5, 0.6) is 0 Å². The first kappa shape index (κ1) is 16.2. The number of nitrogens with one attached hydrogen (secondary N) is 1. The van der Waals surface area contributed by atoms with E-state index >= 15 is 0 Å². The number of thiophene rings is 1. The second-order valence-corrected chi connectivity index (χ2v) is 7.84. The van der Waals surface area contributed by atoms with Crippen molar-refractivity contribution in [2.45, 2.75) is 38.3 Å². The molecule has 21 heavy (non-hydrogen) atoms. The van der Waals surface area contributed by atoms with Crippen LogP contribution < -0.4 is 10.5 Å². The van der Waals surface area contributed by atoms with Crippen molar-refractivity contribution in [3.8, 4) is 0 Å². The van der Waals surface area contributed by atoms with Gasteiger partial charge in [0.15, 0.2) is 0 Å². The van der Waals surface area contributed by atoms with Gasteiger partial charge >= 0.3 is 0 Å². The highest BCUT2D eigenvalue weighted by Crippen LogP contribution is 2.20. The highest BCUT2D eigenvalue weighted by atomic mass is 32.2. The molecule has 0 saturated heterocycles. The molecule has 0 aliphatic rings. The van der Waals surface area contributed by atoms with Gasteiger partial charge in [0.2, 0.25) is 10.0 Å². The predicted octanol–water partition coefficient (Wildman–Crippen LogP) is 2.56. The van der Waals surface area contributed by atoms with Crippen molar-refractivity contribution >= 4 is 21.4 Å². The molecule has 0 amide bonds. The quantitative estimate of drug-likeness (QED) is 0.858. The average Bonchev–Trinajstić information content (AvgIpc) is 2.94. The molecule has 114 valence electrons. The van der Waals surface area contributed by atoms with Crippen LogP contribution in [0.25, 0.3) is 0 Å². The second kappa shape index (κ2) is 6.70. The zero-order valence-corrected chi connectivity index (χ0v) is 13.9. The van der Waals surface area contributed by atoms with Crippen LogP contribution >= 0.6 is 11.3 Å². The first-order chi connectivity index (χ1) is 9.96. The lowest BCUT2D eigenvalue weighted by molar-refractivity contribution is 0.581. The average molecular weight is 324 g/mol. The third-order valence-corrected chi connectivity index (χ3v) is 6.05. The topological polar surface area (TPSA) is 72.2 Å². The number of sulfonamides is 1. The van der Waals surface area contributed by atoms with Gasteiger partial charge in [0.1, 0.15) is 0 Å². The number of nitrogens with two attached hydrogens (primary N) is 1. The molecule has 0 fully saturated rings. The molecule has 6 heteroatoms. The molecule has 1 heterocycles. The molecule has 0 aliphatic carbocycles. The molecule has 0 unspecified atom stereocenters. The largest absolute Gasteiger partial charge is 0.326 e. The summed E-state index contributed by atoms with van der Waals surface area (Å²) in [6.07, 6.45) is 0.967. The molecule has 0 atom stereocenters. The molecule has 2 aromatic rings. The molecule has 4 nitrogen and oxygen atoms in total. The van der Waals surface area contributed by atoms with Crippen molar-refractivity contribution < 1.29 is 8.42 Å². The maximum Gasteiger partial charge on any atom is 0.241 e. The molecule has 0 saturated carbocycles. The minimum absolute atomic E-state index is 0.303. The van der Waals surface area contributed by atoms with Crippen LogP contribution in [-0.4, -0.2) is 8.42 Å². The van der Waals surface area contributed by atoms with Gasteiger partial charge in [-0.1, -0.05) is 19.1 Å². The summed E-state index contributed by atoms with van der Waals surface area (Å²) in [4.78, 5) is 2.58. The van der Waals surface area contributed by atoms with Crippen LogP contribution in [0.3, 0.4) is 0 Å². The van der Waals surface area contributed by atoms with E-state index in [0.29, 0.717) is 18.0 Å². The monoisotopic (exact) mass is 324 g/mol. The number of rotatable bonds is 6. The van der Waals surface area contributed by atoms with Crippen LogP contribution in [0.4, 0.5) is 0 Å². The SMILES string of the molecule is CCc1ccc(CNS(=O)(=O)c2cc(CN)ccc2C)s1. The Labute approximate surface area is 130 Å². The minimum atomic E-state index is -3.52. The van der Waals surface area contributed by atoms with Crippen molar-refractivity contribution in [2.75, 3.05) is 0 Å². The Morgan fingerprint density at radius 2 is 1.90 bits per heavy atom. The number of hydrogen-bond donors (Lipinski definition) is 2. The Morgan fingerprint density at radius 1 is 1.19 bits per heavy atom. The Hall–Kier alpha value is -1.21. The summed E-state index contributed by atoms with van der Waals surface area (Å²) in [5.41, 5.74) is 7.11. The normalized spacial score (nSPS) is 11.8. The fourth-order valence-electron chi connectivity index (χ4n) is 2.01. The van der Waals surface area contributed by atoms with Crippen LogP contribution in [0.1, 0.15) is 27.8 Å². The summed E-state index contributed by atoms with van der Waals surface area (Å²) in [5.74, 6) is 0. The van der Waals surface area contributed by atoms with Gasteiger partial charge in [-0.15, -0.1) is 11.3 Å². The van der Waals surface area contributed by atoms with Crippen molar-refractivity contribution in [3.05, 3.63) is 51.2 Å². The second-order valence-electron chi connectivity index (χ2n) is 4.85. The Kier molecular flexibility index (Phi) is 5.16. The highest BCUT2D eigenvalue weighted by molar-refractivity contribution is 7.89. The van der Waals surface area contributed by atoms with Gasteiger partial charge in [-0.2, -0.15) is 0 Å². The lowest BCUT2D eigenvalue weighted by atomic mass is 10.1. The van der Waals surface area contributed by atoms with Crippen molar-refractivity contribution in [1.82, 2.24) is 4.72 Å². The zero-order chi connectivity index (χ0) is 15.5. The van der Waals surface area contributed by atoms with Gasteiger partial charge in [-0.05, 0) is 42.7 Å². The molecule has 1 aromatic heterocycles. The summed E-state index contributed by atoms with van der Waals surface area (Å²) in [7, 11) is -3.52. The summed E-state index contributed by atoms with van der Waals surface area (Å²) < 4.78 is 27.5. The van der Waals surface area contributed by atoms with Crippen LogP contribution in [0.15, 0.2) is 35.2 Å². The molecule has 0 radical (unpaired) electrons. The van der Waals surface area contributed by atoms with E-state index in [1.807, 2.05) is 18.2 Å². The van der Waals surface area contributed by atoms with E-state index < -0.39 is 10.0 Å². The molecule has 2 rings (SSSR count). The van der Waals surface area contributed by atoms with Crippen LogP contribution in [-0.2, 0) is 29.5 Å². The molecule has 1 aromatic carbocycles. The number of benzene rings is 1. The standard InChI is InChI=1S/C15H20N2O2S2/c1-3-13-6-7-14(20-13)10-17-21(18,19)15-8-12(9-16)5-4-11(15)2/h4-8,17H,3,9-10,16H2,1-2H3. The highest BCUT2D eigenvalue weighted by Gasteiger charge is 2.17. The van der Waals surface area contributed by atoms with Crippen molar-refractivity contribution in [3.63, 3.8) is 0 Å². The predicted molar refractivity (Wildman–Crippen MR) is 86.8 cm³/mol. The van der Waals surface area contributed by atoms with Gasteiger partial charge in [-0.3, -0.25) is 0 Å². The van der Waals surface area contributed by atoms with Crippen LogP contribution in [0, 0.1) is 6.92 Å². The molecule has 0 bridgehead atoms. The van der Waals surface area contributed by atoms with Crippen molar-refractivity contribution in [2.24, 2.45) is 5.73 Å². The molecular weight excluding hydrogens is 304 g/mol. The van der Waals surface area contributed by atoms with E-state index in [4.69, 9.17) is 5.73 Å². The van der Waals surface area contributed by atoms with E-state index in [-0.39, 0.29) is 0 Å². The molecule has 3 N–H and O–H groups in total. The van der Waals surface area contributed by atoms with Crippen LogP contribution in [0.2, 0.25) is 0 Å². The lowest BCUT2D eigenvalue weighted by Crippen LogP contribution is -2.23. The summed E-state index contributed by atoms with van der Waals surface area (Å²) >= 11 is 1.63. The van der Waals surface area contributed by atoms with Gasteiger partial charge < -0.3 is 5.73 Å². The fourth-order valence-corrected chi connectivity index (χ4v) is 4.30. The minimum Gasteiger partial charge on any atom is -0.326 e.